The highest BCUT2D eigenvalue weighted by Crippen LogP contribution is 2.50. The van der Waals surface area contributed by atoms with Gasteiger partial charge in [0.05, 0.1) is 65.5 Å². The maximum Gasteiger partial charge on any atom is 0.272 e. The van der Waals surface area contributed by atoms with Gasteiger partial charge in [-0.05, 0) is 37.5 Å². The van der Waals surface area contributed by atoms with Crippen molar-refractivity contribution >= 4 is 40.6 Å². The summed E-state index contributed by atoms with van der Waals surface area (Å²) in [5, 5.41) is 19.2. The van der Waals surface area contributed by atoms with Crippen LogP contribution in [-0.2, 0) is 16.1 Å². The lowest BCUT2D eigenvalue weighted by molar-refractivity contribution is -0.195. The van der Waals surface area contributed by atoms with Crippen molar-refractivity contribution in [2.45, 2.75) is 57.0 Å². The van der Waals surface area contributed by atoms with Crippen molar-refractivity contribution in [2.75, 3.05) is 48.8 Å². The summed E-state index contributed by atoms with van der Waals surface area (Å²) in [6.07, 6.45) is 4.71. The zero-order valence-corrected chi connectivity index (χ0v) is 28.5. The predicted molar refractivity (Wildman–Crippen MR) is 187 cm³/mol. The molecule has 0 spiro atoms. The quantitative estimate of drug-likeness (QED) is 0.223. The molecule has 1 saturated carbocycles. The summed E-state index contributed by atoms with van der Waals surface area (Å²) in [6.45, 7) is 5.73. The normalized spacial score (nSPS) is 22.1. The molecule has 4 aliphatic heterocycles. The molecule has 3 aromatic heterocycles. The van der Waals surface area contributed by atoms with E-state index in [1.165, 1.54) is 5.69 Å². The number of morpholine rings is 1. The van der Waals surface area contributed by atoms with E-state index in [2.05, 4.69) is 55.4 Å². The van der Waals surface area contributed by atoms with Gasteiger partial charge in [-0.25, -0.2) is 4.98 Å². The monoisotopic (exact) mass is 689 g/mol. The van der Waals surface area contributed by atoms with Gasteiger partial charge in [0.25, 0.3) is 11.8 Å². The van der Waals surface area contributed by atoms with Crippen LogP contribution in [0.15, 0.2) is 48.7 Å². The zero-order valence-electron chi connectivity index (χ0n) is 28.5. The SMILES string of the molecule is CC[C@H]1c2c(cnn2C2CN(Cc3cccc(C(=O)N4CC5OC[C@H]54)n3)C2)-c2cccc(Nc3cc(NC(=O)C4CC4)nnc3C(N)=O)c2N1C. The van der Waals surface area contributed by atoms with Crippen molar-refractivity contribution < 1.29 is 19.1 Å². The Morgan fingerprint density at radius 1 is 1.02 bits per heavy atom. The van der Waals surface area contributed by atoms with Crippen molar-refractivity contribution in [1.82, 2.24) is 34.8 Å². The fourth-order valence-electron chi connectivity index (χ4n) is 7.80. The number of para-hydroxylation sites is 1. The molecule has 4 N–H and O–H groups in total. The zero-order chi connectivity index (χ0) is 35.0. The van der Waals surface area contributed by atoms with E-state index >= 15 is 0 Å². The second-order valence-corrected chi connectivity index (χ2v) is 14.1. The van der Waals surface area contributed by atoms with Crippen LogP contribution in [-0.4, -0.2) is 97.9 Å². The molecule has 0 radical (unpaired) electrons. The average molecular weight is 690 g/mol. The van der Waals surface area contributed by atoms with Crippen LogP contribution in [0.4, 0.5) is 22.9 Å². The molecule has 9 rings (SSSR count). The number of benzene rings is 1. The number of nitrogens with zero attached hydrogens (tertiary/aromatic N) is 8. The smallest absolute Gasteiger partial charge is 0.272 e. The summed E-state index contributed by atoms with van der Waals surface area (Å²) in [7, 11) is 2.07. The van der Waals surface area contributed by atoms with E-state index < -0.39 is 5.91 Å². The van der Waals surface area contributed by atoms with Crippen molar-refractivity contribution in [3.63, 3.8) is 0 Å². The van der Waals surface area contributed by atoms with Crippen LogP contribution in [0.1, 0.15) is 70.6 Å². The van der Waals surface area contributed by atoms with Gasteiger partial charge in [0.15, 0.2) is 11.5 Å². The number of likely N-dealkylation sites (tertiary alicyclic amines) is 2. The second-order valence-electron chi connectivity index (χ2n) is 14.1. The van der Waals surface area contributed by atoms with Crippen molar-refractivity contribution in [1.29, 1.82) is 0 Å². The Hall–Kier alpha value is -5.41. The molecule has 15 nitrogen and oxygen atoms in total. The Bertz CT molecular complexity index is 2070. The Kier molecular flexibility index (Phi) is 7.50. The first-order valence-electron chi connectivity index (χ1n) is 17.6. The van der Waals surface area contributed by atoms with E-state index in [0.717, 1.165) is 60.5 Å². The number of fused-ring (bicyclic) bond motifs is 4. The van der Waals surface area contributed by atoms with E-state index in [4.69, 9.17) is 20.6 Å². The number of nitrogens with one attached hydrogen (secondary N) is 2. The molecular weight excluding hydrogens is 650 g/mol. The molecule has 51 heavy (non-hydrogen) atoms. The lowest BCUT2D eigenvalue weighted by Gasteiger charge is -2.54. The van der Waals surface area contributed by atoms with Crippen LogP contribution < -0.4 is 21.3 Å². The van der Waals surface area contributed by atoms with E-state index in [9.17, 15) is 14.4 Å². The molecule has 3 saturated heterocycles. The topological polar surface area (TPSA) is 177 Å². The molecule has 5 aliphatic rings. The standard InChI is InChI=1S/C36H39N11O4/c1-3-27-33-23(13-38-47(33)21-15-45(16-21)14-20-6-4-9-25(39-20)36(50)46-17-29-28(46)18-51-29)22-7-5-8-24(32(22)44(27)2)40-26-12-30(41-35(49)19-10-11-19)42-43-31(26)34(37)48/h4-9,12-13,19,21,27-29H,3,10-11,14-18H2,1-2H3,(H2,37,48)(H2,40,41,42,49)/t27-,28+,29?/m0/s1. The molecule has 1 aromatic carbocycles. The van der Waals surface area contributed by atoms with Crippen molar-refractivity contribution in [3.8, 4) is 11.1 Å². The highest BCUT2D eigenvalue weighted by atomic mass is 16.5. The fourth-order valence-corrected chi connectivity index (χ4v) is 7.80. The third-order valence-electron chi connectivity index (χ3n) is 10.8. The first kappa shape index (κ1) is 31.6. The average Bonchev–Trinajstić information content (AvgIpc) is 3.87. The summed E-state index contributed by atoms with van der Waals surface area (Å²) in [5.74, 6) is -0.601. The van der Waals surface area contributed by atoms with Crippen LogP contribution >= 0.6 is 0 Å². The van der Waals surface area contributed by atoms with E-state index in [1.54, 1.807) is 12.1 Å². The summed E-state index contributed by atoms with van der Waals surface area (Å²) in [6, 6.07) is 13.7. The number of primary amides is 1. The van der Waals surface area contributed by atoms with Gasteiger partial charge in [-0.2, -0.15) is 5.10 Å². The van der Waals surface area contributed by atoms with E-state index in [1.807, 2.05) is 35.4 Å². The molecule has 4 fully saturated rings. The Balaban J connectivity index is 0.940. The van der Waals surface area contributed by atoms with E-state index in [-0.39, 0.29) is 53.5 Å². The highest BCUT2D eigenvalue weighted by molar-refractivity contribution is 6.00. The van der Waals surface area contributed by atoms with Crippen LogP contribution in [0, 0.1) is 5.92 Å². The predicted octanol–water partition coefficient (Wildman–Crippen LogP) is 3.11. The number of hydrogen-bond acceptors (Lipinski definition) is 11. The number of carbonyl (C=O) groups is 3. The highest BCUT2D eigenvalue weighted by Gasteiger charge is 2.50. The number of aromatic nitrogens is 5. The first-order chi connectivity index (χ1) is 24.8. The summed E-state index contributed by atoms with van der Waals surface area (Å²) < 4.78 is 7.63. The van der Waals surface area contributed by atoms with Gasteiger partial charge in [-0.1, -0.05) is 25.1 Å². The van der Waals surface area contributed by atoms with Crippen LogP contribution in [0.3, 0.4) is 0 Å². The molecule has 4 aromatic rings. The molecule has 7 heterocycles. The van der Waals surface area contributed by atoms with Crippen LogP contribution in [0.5, 0.6) is 0 Å². The Morgan fingerprint density at radius 3 is 2.55 bits per heavy atom. The minimum Gasteiger partial charge on any atom is -0.372 e. The van der Waals surface area contributed by atoms with E-state index in [0.29, 0.717) is 31.1 Å². The van der Waals surface area contributed by atoms with Crippen molar-refractivity contribution in [2.24, 2.45) is 11.7 Å². The largest absolute Gasteiger partial charge is 0.372 e. The molecule has 1 unspecified atom stereocenters. The maximum atomic E-state index is 13.0. The number of carbonyl (C=O) groups excluding carboxylic acids is 3. The number of nitrogens with two attached hydrogens (primary N) is 1. The number of anilines is 4. The van der Waals surface area contributed by atoms with Crippen LogP contribution in [0.25, 0.3) is 11.1 Å². The molecule has 3 atom stereocenters. The van der Waals surface area contributed by atoms with Gasteiger partial charge in [-0.3, -0.25) is 24.0 Å². The van der Waals surface area contributed by atoms with Gasteiger partial charge >= 0.3 is 0 Å². The van der Waals surface area contributed by atoms with Gasteiger partial charge in [-0.15, -0.1) is 10.2 Å². The molecule has 262 valence electrons. The fraction of sp³-hybridized carbons (Fsp3) is 0.417. The Labute approximate surface area is 294 Å². The summed E-state index contributed by atoms with van der Waals surface area (Å²) in [5.41, 5.74) is 12.4. The molecule has 15 heteroatoms. The number of amides is 3. The number of rotatable bonds is 10. The number of pyridine rings is 1. The van der Waals surface area contributed by atoms with Gasteiger partial charge < -0.3 is 30.9 Å². The lowest BCUT2D eigenvalue weighted by atomic mass is 9.91. The third-order valence-corrected chi connectivity index (χ3v) is 10.8. The lowest BCUT2D eigenvalue weighted by Crippen LogP contribution is -2.71. The van der Waals surface area contributed by atoms with Crippen molar-refractivity contribution in [3.05, 3.63) is 71.4 Å². The van der Waals surface area contributed by atoms with Gasteiger partial charge in [0, 0.05) is 56.3 Å². The van der Waals surface area contributed by atoms with Gasteiger partial charge in [0.2, 0.25) is 5.91 Å². The summed E-state index contributed by atoms with van der Waals surface area (Å²) >= 11 is 0. The molecule has 3 amide bonds. The first-order valence-corrected chi connectivity index (χ1v) is 17.6. The minimum atomic E-state index is -0.724. The summed E-state index contributed by atoms with van der Waals surface area (Å²) in [4.78, 5) is 49.0. The van der Waals surface area contributed by atoms with Crippen LogP contribution in [0.2, 0.25) is 0 Å². The number of hydrogen-bond donors (Lipinski definition) is 3. The number of ether oxygens (including phenoxy) is 1. The van der Waals surface area contributed by atoms with Gasteiger partial charge in [0.1, 0.15) is 5.69 Å². The third kappa shape index (κ3) is 5.38. The maximum absolute atomic E-state index is 13.0. The molecule has 1 aliphatic carbocycles. The molecule has 0 bridgehead atoms. The second kappa shape index (κ2) is 12.1. The molecular formula is C36H39N11O4. The Morgan fingerprint density at radius 2 is 1.84 bits per heavy atom. The minimum absolute atomic E-state index is 0.00894.